The first-order chi connectivity index (χ1) is 27.7. The first-order valence-electron chi connectivity index (χ1n) is 20.2. The number of amides is 2. The van der Waals surface area contributed by atoms with Gasteiger partial charge in [-0.1, -0.05) is 0 Å². The van der Waals surface area contributed by atoms with Crippen molar-refractivity contribution in [1.82, 2.24) is 0 Å². The fourth-order valence-corrected chi connectivity index (χ4v) is 16.4. The molecule has 2 aliphatic carbocycles. The molecule has 0 fully saturated rings. The van der Waals surface area contributed by atoms with Crippen molar-refractivity contribution in [1.29, 1.82) is 0 Å². The summed E-state index contributed by atoms with van der Waals surface area (Å²) in [5.41, 5.74) is 0.393. The Balaban J connectivity index is 1.61. The molecule has 57 heavy (non-hydrogen) atoms. The molecule has 2 aliphatic rings. The third-order valence-corrected chi connectivity index (χ3v) is 18.9. The van der Waals surface area contributed by atoms with Crippen molar-refractivity contribution in [3.63, 3.8) is 0 Å². The average Bonchev–Trinajstić information content (AvgIpc) is 3.98. The number of unbranched alkanes of at least 4 members (excludes halogenated alkanes) is 6. The van der Waals surface area contributed by atoms with Gasteiger partial charge in [0.15, 0.2) is 0 Å². The normalized spacial score (nSPS) is 13.5. The number of nitrogens with zero attached hydrogens (tertiary/aromatic N) is 2. The van der Waals surface area contributed by atoms with E-state index in [9.17, 15) is 9.59 Å². The van der Waals surface area contributed by atoms with Crippen molar-refractivity contribution in [2.45, 2.75) is 78.1 Å². The molecule has 0 saturated carbocycles. The van der Waals surface area contributed by atoms with Crippen molar-refractivity contribution in [3.05, 3.63) is 164 Å². The summed E-state index contributed by atoms with van der Waals surface area (Å²) in [7, 11) is 0. The first kappa shape index (κ1) is 41.8. The summed E-state index contributed by atoms with van der Waals surface area (Å²) in [6, 6.07) is 21.9. The molecule has 0 heterocycles. The number of allylic oxidation sites excluding steroid dienone is 8. The molecule has 0 aromatic heterocycles. The zero-order valence-corrected chi connectivity index (χ0v) is 34.3. The van der Waals surface area contributed by atoms with E-state index in [1.54, 1.807) is 85.0 Å². The molecule has 4 aromatic carbocycles. The van der Waals surface area contributed by atoms with E-state index in [1.807, 2.05) is 12.2 Å². The third kappa shape index (κ3) is 8.73. The first-order valence-corrected chi connectivity index (χ1v) is 23.3. The van der Waals surface area contributed by atoms with Gasteiger partial charge in [0.2, 0.25) is 0 Å². The molecule has 0 atom stereocenters. The monoisotopic (exact) mass is 810 g/mol. The van der Waals surface area contributed by atoms with Gasteiger partial charge in [-0.3, -0.25) is 0 Å². The van der Waals surface area contributed by atoms with Crippen molar-refractivity contribution < 1.29 is 43.7 Å². The van der Waals surface area contributed by atoms with E-state index < -0.39 is 59.4 Å². The third-order valence-electron chi connectivity index (χ3n) is 11.0. The summed E-state index contributed by atoms with van der Waals surface area (Å²) in [6.45, 7) is 4.47. The summed E-state index contributed by atoms with van der Waals surface area (Å²) in [6.07, 6.45) is 17.6. The predicted octanol–water partition coefficient (Wildman–Crippen LogP) is 11.5. The van der Waals surface area contributed by atoms with Crippen LogP contribution in [0.2, 0.25) is 0 Å². The Morgan fingerprint density at radius 3 is 1.30 bits per heavy atom. The van der Waals surface area contributed by atoms with Crippen LogP contribution in [0.4, 0.5) is 28.9 Å². The van der Waals surface area contributed by atoms with Crippen molar-refractivity contribution in [2.24, 2.45) is 0 Å². The van der Waals surface area contributed by atoms with Crippen LogP contribution in [-0.4, -0.2) is 24.9 Å². The van der Waals surface area contributed by atoms with Gasteiger partial charge in [0.25, 0.3) is 0 Å². The van der Waals surface area contributed by atoms with Crippen LogP contribution in [0.25, 0.3) is 0 Å². The second kappa shape index (κ2) is 19.6. The molecule has 6 rings (SSSR count). The molecule has 9 heteroatoms. The zero-order chi connectivity index (χ0) is 40.4. The van der Waals surface area contributed by atoms with Crippen LogP contribution in [0, 0.1) is 23.3 Å². The minimum atomic E-state index is -5.34. The zero-order valence-electron chi connectivity index (χ0n) is 32.8. The van der Waals surface area contributed by atoms with Crippen LogP contribution in [0.5, 0.6) is 0 Å². The molecular formula is C48H50F4N2O2Ti. The van der Waals surface area contributed by atoms with Gasteiger partial charge in [-0.2, -0.15) is 0 Å². The van der Waals surface area contributed by atoms with E-state index in [0.717, 1.165) is 50.7 Å². The van der Waals surface area contributed by atoms with Crippen molar-refractivity contribution >= 4 is 30.9 Å². The van der Waals surface area contributed by atoms with Gasteiger partial charge in [-0.05, 0) is 0 Å². The van der Waals surface area contributed by atoms with E-state index in [2.05, 4.69) is 13.8 Å². The Bertz CT molecular complexity index is 2030. The van der Waals surface area contributed by atoms with Gasteiger partial charge in [0, 0.05) is 0 Å². The number of carbonyl (C=O) groups is 2. The van der Waals surface area contributed by atoms with Crippen molar-refractivity contribution in [3.8, 4) is 0 Å². The Labute approximate surface area is 337 Å². The van der Waals surface area contributed by atoms with Crippen LogP contribution in [0.1, 0.15) is 98.8 Å². The predicted molar refractivity (Wildman–Crippen MR) is 220 cm³/mol. The number of benzene rings is 4. The summed E-state index contributed by atoms with van der Waals surface area (Å²) in [5.74, 6) is -4.79. The van der Waals surface area contributed by atoms with Gasteiger partial charge >= 0.3 is 339 Å². The van der Waals surface area contributed by atoms with Gasteiger partial charge in [0.1, 0.15) is 0 Å². The topological polar surface area (TPSA) is 40.6 Å². The molecule has 4 nitrogen and oxygen atoms in total. The second-order valence-electron chi connectivity index (χ2n) is 14.7. The summed E-state index contributed by atoms with van der Waals surface area (Å²) in [5, 5.41) is 0. The second-order valence-corrected chi connectivity index (χ2v) is 20.6. The van der Waals surface area contributed by atoms with Gasteiger partial charge in [-0.15, -0.1) is 0 Å². The number of halogens is 4. The van der Waals surface area contributed by atoms with E-state index in [0.29, 0.717) is 31.7 Å². The standard InChI is InChI=1S/2C19H20F2NO.2C5H5.Ti/c2*1-2-3-4-8-13-22(18-12-11-16(20)14-17(18)21)19(23)15-9-6-5-7-10-15;2*1-2-4-5-3-1;/h2*5-7,9-12H,2-4,8,13H2,1H3;2*1-3H,4H2;. The Hall–Kier alpha value is -4.79. The van der Waals surface area contributed by atoms with E-state index >= 15 is 17.6 Å². The van der Waals surface area contributed by atoms with Crippen LogP contribution in [0.3, 0.4) is 0 Å². The minimum absolute atomic E-state index is 0.140. The maximum atomic E-state index is 18.0. The molecule has 296 valence electrons. The average molecular weight is 811 g/mol. The van der Waals surface area contributed by atoms with Crippen LogP contribution >= 0.6 is 0 Å². The van der Waals surface area contributed by atoms with Crippen LogP contribution in [-0.2, 0) is 16.6 Å². The number of carbonyl (C=O) groups excluding carboxylic acids is 2. The Morgan fingerprint density at radius 1 is 0.544 bits per heavy atom. The summed E-state index contributed by atoms with van der Waals surface area (Å²) in [4.78, 5) is 31.1. The number of hydrogen-bond donors (Lipinski definition) is 0. The summed E-state index contributed by atoms with van der Waals surface area (Å²) < 4.78 is 70.5. The Morgan fingerprint density at radius 2 is 0.947 bits per heavy atom. The number of anilines is 2. The fourth-order valence-electron chi connectivity index (χ4n) is 8.14. The molecule has 4 aromatic rings. The van der Waals surface area contributed by atoms with Gasteiger partial charge < -0.3 is 0 Å². The van der Waals surface area contributed by atoms with Crippen LogP contribution < -0.4 is 17.5 Å². The van der Waals surface area contributed by atoms with Gasteiger partial charge in [-0.25, -0.2) is 0 Å². The molecule has 0 N–H and O–H groups in total. The van der Waals surface area contributed by atoms with E-state index in [1.165, 1.54) is 21.9 Å². The van der Waals surface area contributed by atoms with E-state index in [4.69, 9.17) is 0 Å². The molecule has 0 unspecified atom stereocenters. The molecule has 0 aliphatic heterocycles. The van der Waals surface area contributed by atoms with Gasteiger partial charge in [0.05, 0.1) is 0 Å². The Kier molecular flexibility index (Phi) is 14.4. The van der Waals surface area contributed by atoms with Crippen LogP contribution in [0.15, 0.2) is 129 Å². The maximum absolute atomic E-state index is 18.0. The molecule has 0 radical (unpaired) electrons. The quantitative estimate of drug-likeness (QED) is 0.0571. The fraction of sp³-hybridized carbons (Fsp3) is 0.292. The van der Waals surface area contributed by atoms with E-state index in [-0.39, 0.29) is 37.3 Å². The van der Waals surface area contributed by atoms with Crippen molar-refractivity contribution in [2.75, 3.05) is 22.9 Å². The molecule has 0 bridgehead atoms. The summed E-state index contributed by atoms with van der Waals surface area (Å²) >= 11 is -5.34. The number of hydrogen-bond acceptors (Lipinski definition) is 2. The molecule has 0 spiro atoms. The molecular weight excluding hydrogens is 760 g/mol. The molecule has 0 saturated heterocycles. The molecule has 2 amide bonds. The SMILES string of the molecule is CCCCCCN(C(=O)c1ccccc1)c1ccc(F)[c]([Ti]([C]2=CC=CC2)([C]2=CC=CC2)[c]2c(F)ccc(N(CCCCCC)C(=O)c3ccccc3)c2F)c1F. The number of rotatable bonds is 18.